The van der Waals surface area contributed by atoms with E-state index in [-0.39, 0.29) is 24.0 Å². The van der Waals surface area contributed by atoms with Gasteiger partial charge >= 0.3 is 5.97 Å². The predicted octanol–water partition coefficient (Wildman–Crippen LogP) is 2.47. The summed E-state index contributed by atoms with van der Waals surface area (Å²) in [5, 5.41) is 0. The Morgan fingerprint density at radius 2 is 2.12 bits per heavy atom. The van der Waals surface area contributed by atoms with Crippen LogP contribution in [0.1, 0.15) is 18.5 Å². The molecular weight excluding hydrogens is 374 g/mol. The van der Waals surface area contributed by atoms with E-state index < -0.39 is 17.4 Å². The van der Waals surface area contributed by atoms with Crippen LogP contribution in [0.2, 0.25) is 0 Å². The molecule has 1 aromatic carbocycles. The third-order valence-corrected chi connectivity index (χ3v) is 5.95. The van der Waals surface area contributed by atoms with E-state index >= 15 is 0 Å². The van der Waals surface area contributed by atoms with Crippen molar-refractivity contribution in [2.75, 3.05) is 13.7 Å². The van der Waals surface area contributed by atoms with Crippen LogP contribution < -0.4 is 0 Å². The van der Waals surface area contributed by atoms with Crippen LogP contribution in [0, 0.1) is 11.8 Å². The van der Waals surface area contributed by atoms with Crippen LogP contribution in [0.3, 0.4) is 0 Å². The fourth-order valence-electron chi connectivity index (χ4n) is 4.18. The zero-order valence-electron chi connectivity index (χ0n) is 13.4. The number of nitrogens with zero attached hydrogens (tertiary/aromatic N) is 1. The number of hydrogen-bond acceptors (Lipinski definition) is 4. The van der Waals surface area contributed by atoms with Crippen molar-refractivity contribution in [3.63, 3.8) is 0 Å². The second kappa shape index (κ2) is 5.43. The van der Waals surface area contributed by atoms with Crippen molar-refractivity contribution in [3.05, 3.63) is 46.5 Å². The van der Waals surface area contributed by atoms with Crippen molar-refractivity contribution in [1.29, 1.82) is 0 Å². The normalized spacial score (nSPS) is 34.5. The Balaban J connectivity index is 1.65. The number of fused-ring (bicyclic) bond motifs is 1. The number of halogens is 1. The number of ether oxygens (including phenoxy) is 2. The molecule has 3 aliphatic rings. The molecule has 0 aliphatic carbocycles. The molecule has 0 saturated carbocycles. The van der Waals surface area contributed by atoms with E-state index in [1.54, 1.807) is 0 Å². The van der Waals surface area contributed by atoms with Gasteiger partial charge in [0.1, 0.15) is 11.5 Å². The summed E-state index contributed by atoms with van der Waals surface area (Å²) in [6.07, 6.45) is 3.49. The molecule has 1 amide bonds. The summed E-state index contributed by atoms with van der Waals surface area (Å²) in [7, 11) is 1.35. The molecule has 126 valence electrons. The Bertz CT molecular complexity index is 731. The van der Waals surface area contributed by atoms with Crippen molar-refractivity contribution in [2.24, 2.45) is 11.8 Å². The summed E-state index contributed by atoms with van der Waals surface area (Å²) in [6.45, 7) is 2.47. The van der Waals surface area contributed by atoms with Gasteiger partial charge in [-0.15, -0.1) is 0 Å². The third-order valence-electron chi connectivity index (χ3n) is 5.42. The minimum atomic E-state index is -0.690. The number of amides is 1. The van der Waals surface area contributed by atoms with Gasteiger partial charge in [0.25, 0.3) is 0 Å². The summed E-state index contributed by atoms with van der Waals surface area (Å²) in [5.41, 5.74) is 0.362. The number of likely N-dealkylation sites (tertiary alicyclic amines) is 1. The van der Waals surface area contributed by atoms with E-state index in [9.17, 15) is 9.59 Å². The first-order valence-electron chi connectivity index (χ1n) is 7.98. The number of carbonyl (C=O) groups is 2. The molecule has 0 radical (unpaired) electrons. The van der Waals surface area contributed by atoms with E-state index in [1.807, 2.05) is 48.2 Å². The molecule has 2 saturated heterocycles. The molecule has 2 fully saturated rings. The highest BCUT2D eigenvalue weighted by molar-refractivity contribution is 9.10. The Labute approximate surface area is 148 Å². The largest absolute Gasteiger partial charge is 0.469 e. The van der Waals surface area contributed by atoms with E-state index in [0.717, 1.165) is 10.0 Å². The fourth-order valence-corrected chi connectivity index (χ4v) is 4.45. The molecule has 0 unspecified atom stereocenters. The van der Waals surface area contributed by atoms with Gasteiger partial charge in [0.15, 0.2) is 0 Å². The predicted molar refractivity (Wildman–Crippen MR) is 90.0 cm³/mol. The van der Waals surface area contributed by atoms with Crippen molar-refractivity contribution < 1.29 is 19.1 Å². The van der Waals surface area contributed by atoms with Gasteiger partial charge in [-0.1, -0.05) is 40.2 Å². The molecule has 24 heavy (non-hydrogen) atoms. The number of carbonyl (C=O) groups excluding carboxylic acids is 2. The van der Waals surface area contributed by atoms with Crippen LogP contribution in [0.4, 0.5) is 0 Å². The monoisotopic (exact) mass is 391 g/mol. The van der Waals surface area contributed by atoms with Gasteiger partial charge in [-0.05, 0) is 24.6 Å². The number of hydrogen-bond donors (Lipinski definition) is 0. The van der Waals surface area contributed by atoms with Crippen molar-refractivity contribution in [2.45, 2.75) is 24.7 Å². The molecule has 3 aliphatic heterocycles. The van der Waals surface area contributed by atoms with Crippen LogP contribution in [0.15, 0.2) is 40.9 Å². The van der Waals surface area contributed by atoms with E-state index in [1.165, 1.54) is 7.11 Å². The van der Waals surface area contributed by atoms with Gasteiger partial charge < -0.3 is 14.4 Å². The average molecular weight is 392 g/mol. The summed E-state index contributed by atoms with van der Waals surface area (Å²) in [5.74, 6) is -1.44. The lowest BCUT2D eigenvalue weighted by Crippen LogP contribution is -2.39. The zero-order chi connectivity index (χ0) is 17.1. The highest BCUT2D eigenvalue weighted by Gasteiger charge is 2.67. The number of benzene rings is 1. The first-order chi connectivity index (χ1) is 11.5. The first kappa shape index (κ1) is 15.8. The summed E-state index contributed by atoms with van der Waals surface area (Å²) in [6, 6.07) is 7.84. The number of esters is 1. The topological polar surface area (TPSA) is 55.8 Å². The maximum Gasteiger partial charge on any atom is 0.312 e. The molecule has 5 nitrogen and oxygen atoms in total. The second-order valence-electron chi connectivity index (χ2n) is 6.62. The summed E-state index contributed by atoms with van der Waals surface area (Å²) < 4.78 is 11.9. The fraction of sp³-hybridized carbons (Fsp3) is 0.444. The average Bonchev–Trinajstić information content (AvgIpc) is 3.22. The molecule has 0 aromatic heterocycles. The first-order valence-corrected chi connectivity index (χ1v) is 8.77. The maximum atomic E-state index is 13.1. The smallest absolute Gasteiger partial charge is 0.312 e. The number of rotatable bonds is 3. The Morgan fingerprint density at radius 1 is 1.42 bits per heavy atom. The highest BCUT2D eigenvalue weighted by Crippen LogP contribution is 2.53. The Kier molecular flexibility index (Phi) is 3.58. The van der Waals surface area contributed by atoms with Crippen LogP contribution in [-0.2, 0) is 19.1 Å². The number of methoxy groups -OCH3 is 1. The lowest BCUT2D eigenvalue weighted by atomic mass is 9.77. The molecule has 2 bridgehead atoms. The van der Waals surface area contributed by atoms with Gasteiger partial charge in [-0.25, -0.2) is 0 Å². The van der Waals surface area contributed by atoms with Crippen LogP contribution in [-0.4, -0.2) is 42.1 Å². The van der Waals surface area contributed by atoms with Crippen molar-refractivity contribution >= 4 is 27.8 Å². The highest BCUT2D eigenvalue weighted by atomic mass is 79.9. The maximum absolute atomic E-state index is 13.1. The minimum absolute atomic E-state index is 0.0346. The molecule has 4 rings (SSSR count). The molecule has 0 N–H and O–H groups in total. The van der Waals surface area contributed by atoms with Gasteiger partial charge in [0.2, 0.25) is 5.91 Å². The lowest BCUT2D eigenvalue weighted by molar-refractivity contribution is -0.151. The molecule has 1 aromatic rings. The van der Waals surface area contributed by atoms with Gasteiger partial charge in [0, 0.05) is 4.47 Å². The molecule has 1 spiro atoms. The molecular formula is C18H18BrNO4. The molecule has 5 atom stereocenters. The summed E-state index contributed by atoms with van der Waals surface area (Å²) >= 11 is 3.43. The van der Waals surface area contributed by atoms with Crippen LogP contribution in [0.5, 0.6) is 0 Å². The molecule has 6 heteroatoms. The van der Waals surface area contributed by atoms with Crippen molar-refractivity contribution in [3.8, 4) is 0 Å². The summed E-state index contributed by atoms with van der Waals surface area (Å²) in [4.78, 5) is 27.1. The van der Waals surface area contributed by atoms with E-state index in [0.29, 0.717) is 6.54 Å². The van der Waals surface area contributed by atoms with E-state index in [2.05, 4.69) is 15.9 Å². The molecule has 3 heterocycles. The minimum Gasteiger partial charge on any atom is -0.469 e. The van der Waals surface area contributed by atoms with Crippen molar-refractivity contribution in [1.82, 2.24) is 4.90 Å². The lowest BCUT2D eigenvalue weighted by Gasteiger charge is -2.27. The van der Waals surface area contributed by atoms with E-state index in [4.69, 9.17) is 9.47 Å². The third kappa shape index (κ3) is 2.09. The second-order valence-corrected chi connectivity index (χ2v) is 7.53. The van der Waals surface area contributed by atoms with Gasteiger partial charge in [-0.3, -0.25) is 9.59 Å². The Hall–Kier alpha value is -1.66. The van der Waals surface area contributed by atoms with Crippen LogP contribution >= 0.6 is 15.9 Å². The standard InChI is InChI=1S/C18H18BrNO4/c1-10(11-3-5-12(19)6-4-11)20-9-18-8-7-13(24-18)14(17(22)23-2)15(18)16(20)21/h3-8,10,13-15H,9H2,1-2H3/t10-,13-,14+,15-,18+/m0/s1. The quantitative estimate of drug-likeness (QED) is 0.586. The van der Waals surface area contributed by atoms with Crippen LogP contribution in [0.25, 0.3) is 0 Å². The Morgan fingerprint density at radius 3 is 2.79 bits per heavy atom. The zero-order valence-corrected chi connectivity index (χ0v) is 15.0. The van der Waals surface area contributed by atoms with Gasteiger partial charge in [-0.2, -0.15) is 0 Å². The van der Waals surface area contributed by atoms with Gasteiger partial charge in [0.05, 0.1) is 31.7 Å². The SMILES string of the molecule is COC(=O)[C@@H]1[C@@H]2C=C[C@]3(CN([C@@H](C)c4ccc(Br)cc4)C(=O)[C@H]13)O2.